The monoisotopic (exact) mass is 281 g/mol. The molecule has 4 heteroatoms. The van der Waals surface area contributed by atoms with Gasteiger partial charge in [-0.1, -0.05) is 23.7 Å². The lowest BCUT2D eigenvalue weighted by atomic mass is 9.76. The summed E-state index contributed by atoms with van der Waals surface area (Å²) in [5.41, 5.74) is 0.642. The van der Waals surface area contributed by atoms with Crippen LogP contribution in [0.25, 0.3) is 0 Å². The summed E-state index contributed by atoms with van der Waals surface area (Å²) < 4.78 is 5.28. The number of piperidine rings is 1. The number of hydrogen-bond acceptors (Lipinski definition) is 3. The number of halogens is 1. The van der Waals surface area contributed by atoms with E-state index in [1.54, 1.807) is 0 Å². The molecular formula is C15H20ClNO2. The summed E-state index contributed by atoms with van der Waals surface area (Å²) in [7, 11) is 0. The number of hydrogen-bond donors (Lipinski definition) is 1. The lowest BCUT2D eigenvalue weighted by Gasteiger charge is -2.35. The van der Waals surface area contributed by atoms with Crippen molar-refractivity contribution >= 4 is 17.6 Å². The van der Waals surface area contributed by atoms with Crippen molar-refractivity contribution in [2.24, 2.45) is 5.41 Å². The van der Waals surface area contributed by atoms with Crippen LogP contribution in [0, 0.1) is 5.41 Å². The zero-order valence-corrected chi connectivity index (χ0v) is 12.0. The Labute approximate surface area is 119 Å². The van der Waals surface area contributed by atoms with Gasteiger partial charge in [0.05, 0.1) is 12.0 Å². The minimum atomic E-state index is -0.445. The van der Waals surface area contributed by atoms with E-state index in [1.165, 1.54) is 0 Å². The Morgan fingerprint density at radius 1 is 1.53 bits per heavy atom. The summed E-state index contributed by atoms with van der Waals surface area (Å²) in [6.07, 6.45) is 2.55. The van der Waals surface area contributed by atoms with Gasteiger partial charge in [-0.05, 0) is 50.4 Å². The minimum Gasteiger partial charge on any atom is -0.466 e. The first-order chi connectivity index (χ1) is 9.16. The van der Waals surface area contributed by atoms with Crippen LogP contribution in [-0.2, 0) is 16.0 Å². The van der Waals surface area contributed by atoms with Crippen molar-refractivity contribution < 1.29 is 9.53 Å². The van der Waals surface area contributed by atoms with Gasteiger partial charge in [0.1, 0.15) is 0 Å². The highest BCUT2D eigenvalue weighted by Gasteiger charge is 2.41. The maximum Gasteiger partial charge on any atom is 0.313 e. The molecule has 19 heavy (non-hydrogen) atoms. The maximum absolute atomic E-state index is 12.3. The van der Waals surface area contributed by atoms with Gasteiger partial charge in [0.2, 0.25) is 0 Å². The molecule has 104 valence electrons. The number of benzene rings is 1. The van der Waals surface area contributed by atoms with Crippen molar-refractivity contribution in [1.82, 2.24) is 5.32 Å². The zero-order chi connectivity index (χ0) is 13.7. The number of esters is 1. The maximum atomic E-state index is 12.3. The van der Waals surface area contributed by atoms with Crippen LogP contribution >= 0.6 is 11.6 Å². The molecule has 1 aliphatic rings. The lowest BCUT2D eigenvalue weighted by Crippen LogP contribution is -2.47. The van der Waals surface area contributed by atoms with E-state index in [2.05, 4.69) is 5.32 Å². The molecule has 1 aliphatic heterocycles. The third kappa shape index (κ3) is 3.48. The van der Waals surface area contributed by atoms with Crippen LogP contribution in [0.3, 0.4) is 0 Å². The van der Waals surface area contributed by atoms with Crippen molar-refractivity contribution in [3.8, 4) is 0 Å². The Morgan fingerprint density at radius 3 is 3.00 bits per heavy atom. The van der Waals surface area contributed by atoms with Crippen LogP contribution in [0.5, 0.6) is 0 Å². The Kier molecular flexibility index (Phi) is 4.83. The molecular weight excluding hydrogens is 262 g/mol. The standard InChI is InChI=1S/C15H20ClNO2/c1-2-19-14(18)15(7-4-8-17-11-15)10-12-5-3-6-13(16)9-12/h3,5-6,9,17H,2,4,7-8,10-11H2,1H3/t15-/m0/s1. The summed E-state index contributed by atoms with van der Waals surface area (Å²) in [6, 6.07) is 7.71. The Hall–Kier alpha value is -1.06. The van der Waals surface area contributed by atoms with Gasteiger partial charge < -0.3 is 10.1 Å². The quantitative estimate of drug-likeness (QED) is 0.863. The normalized spacial score (nSPS) is 23.1. The Bertz CT molecular complexity index is 442. The molecule has 1 heterocycles. The predicted octanol–water partition coefficient (Wildman–Crippen LogP) is 2.82. The highest BCUT2D eigenvalue weighted by molar-refractivity contribution is 6.30. The fourth-order valence-corrected chi connectivity index (χ4v) is 2.90. The van der Waals surface area contributed by atoms with Gasteiger partial charge in [0.25, 0.3) is 0 Å². The highest BCUT2D eigenvalue weighted by Crippen LogP contribution is 2.32. The van der Waals surface area contributed by atoms with E-state index in [-0.39, 0.29) is 5.97 Å². The van der Waals surface area contributed by atoms with Gasteiger partial charge in [-0.3, -0.25) is 4.79 Å². The average Bonchev–Trinajstić information content (AvgIpc) is 2.40. The Morgan fingerprint density at radius 2 is 2.37 bits per heavy atom. The van der Waals surface area contributed by atoms with Crippen molar-refractivity contribution in [3.05, 3.63) is 34.9 Å². The second kappa shape index (κ2) is 6.40. The molecule has 0 saturated carbocycles. The molecule has 1 aromatic carbocycles. The van der Waals surface area contributed by atoms with E-state index in [0.717, 1.165) is 24.9 Å². The lowest BCUT2D eigenvalue weighted by molar-refractivity contribution is -0.156. The van der Waals surface area contributed by atoms with E-state index in [0.29, 0.717) is 24.6 Å². The zero-order valence-electron chi connectivity index (χ0n) is 11.2. The van der Waals surface area contributed by atoms with Crippen LogP contribution in [-0.4, -0.2) is 25.7 Å². The molecule has 0 aromatic heterocycles. The highest BCUT2D eigenvalue weighted by atomic mass is 35.5. The number of carbonyl (C=O) groups is 1. The molecule has 1 N–H and O–H groups in total. The minimum absolute atomic E-state index is 0.0952. The first-order valence-corrected chi connectivity index (χ1v) is 7.16. The summed E-state index contributed by atoms with van der Waals surface area (Å²) in [5.74, 6) is -0.0952. The number of rotatable bonds is 4. The van der Waals surface area contributed by atoms with Crippen LogP contribution in [0.15, 0.2) is 24.3 Å². The summed E-state index contributed by atoms with van der Waals surface area (Å²) >= 11 is 6.02. The van der Waals surface area contributed by atoms with E-state index in [1.807, 2.05) is 31.2 Å². The number of carbonyl (C=O) groups excluding carboxylic acids is 1. The number of ether oxygens (including phenoxy) is 1. The topological polar surface area (TPSA) is 38.3 Å². The molecule has 0 radical (unpaired) electrons. The molecule has 1 aromatic rings. The molecule has 0 amide bonds. The van der Waals surface area contributed by atoms with Gasteiger partial charge in [-0.25, -0.2) is 0 Å². The summed E-state index contributed by atoms with van der Waals surface area (Å²) in [4.78, 5) is 12.3. The van der Waals surface area contributed by atoms with E-state index in [4.69, 9.17) is 16.3 Å². The van der Waals surface area contributed by atoms with Gasteiger partial charge in [0, 0.05) is 11.6 Å². The van der Waals surface area contributed by atoms with Crippen molar-refractivity contribution in [2.75, 3.05) is 19.7 Å². The molecule has 0 spiro atoms. The summed E-state index contributed by atoms with van der Waals surface area (Å²) in [6.45, 7) is 3.92. The molecule has 2 rings (SSSR count). The second-order valence-electron chi connectivity index (χ2n) is 5.09. The molecule has 0 aliphatic carbocycles. The Balaban J connectivity index is 2.20. The summed E-state index contributed by atoms with van der Waals surface area (Å²) in [5, 5.41) is 4.02. The fourth-order valence-electron chi connectivity index (χ4n) is 2.69. The predicted molar refractivity (Wildman–Crippen MR) is 76.3 cm³/mol. The molecule has 0 bridgehead atoms. The van der Waals surface area contributed by atoms with Crippen LogP contribution in [0.1, 0.15) is 25.3 Å². The SMILES string of the molecule is CCOC(=O)[C@]1(Cc2cccc(Cl)c2)CCCNC1. The van der Waals surface area contributed by atoms with Crippen molar-refractivity contribution in [2.45, 2.75) is 26.2 Å². The van der Waals surface area contributed by atoms with Crippen LogP contribution in [0.4, 0.5) is 0 Å². The average molecular weight is 282 g/mol. The molecule has 1 fully saturated rings. The largest absolute Gasteiger partial charge is 0.466 e. The van der Waals surface area contributed by atoms with Gasteiger partial charge >= 0.3 is 5.97 Å². The van der Waals surface area contributed by atoms with Crippen molar-refractivity contribution in [1.29, 1.82) is 0 Å². The molecule has 1 saturated heterocycles. The van der Waals surface area contributed by atoms with Crippen LogP contribution in [0.2, 0.25) is 5.02 Å². The third-order valence-corrected chi connectivity index (χ3v) is 3.85. The second-order valence-corrected chi connectivity index (χ2v) is 5.52. The first kappa shape index (κ1) is 14.4. The van der Waals surface area contributed by atoms with Crippen molar-refractivity contribution in [3.63, 3.8) is 0 Å². The molecule has 3 nitrogen and oxygen atoms in total. The number of nitrogens with one attached hydrogen (secondary N) is 1. The third-order valence-electron chi connectivity index (χ3n) is 3.61. The first-order valence-electron chi connectivity index (χ1n) is 6.79. The van der Waals surface area contributed by atoms with Gasteiger partial charge in [-0.15, -0.1) is 0 Å². The van der Waals surface area contributed by atoms with E-state index < -0.39 is 5.41 Å². The van der Waals surface area contributed by atoms with E-state index in [9.17, 15) is 4.79 Å². The van der Waals surface area contributed by atoms with Crippen LogP contribution < -0.4 is 5.32 Å². The van der Waals surface area contributed by atoms with Gasteiger partial charge in [-0.2, -0.15) is 0 Å². The fraction of sp³-hybridized carbons (Fsp3) is 0.533. The van der Waals surface area contributed by atoms with E-state index >= 15 is 0 Å². The molecule has 1 atom stereocenters. The smallest absolute Gasteiger partial charge is 0.313 e. The molecule has 0 unspecified atom stereocenters. The van der Waals surface area contributed by atoms with Gasteiger partial charge in [0.15, 0.2) is 0 Å².